The minimum absolute atomic E-state index is 0.172. The van der Waals surface area contributed by atoms with Crippen molar-refractivity contribution < 1.29 is 19.1 Å². The molecule has 2 unspecified atom stereocenters. The first-order chi connectivity index (χ1) is 15.0. The van der Waals surface area contributed by atoms with Crippen LogP contribution in [0.2, 0.25) is 0 Å². The number of imide groups is 1. The molecule has 5 rings (SSSR count). The first kappa shape index (κ1) is 19.9. The highest BCUT2D eigenvalue weighted by Crippen LogP contribution is 2.36. The van der Waals surface area contributed by atoms with Gasteiger partial charge in [0.1, 0.15) is 12.1 Å². The molecule has 2 saturated heterocycles. The monoisotopic (exact) mass is 418 g/mol. The van der Waals surface area contributed by atoms with Crippen molar-refractivity contribution in [1.29, 1.82) is 0 Å². The molecule has 6 nitrogen and oxygen atoms in total. The molecule has 160 valence electrons. The number of hydrogen-bond acceptors (Lipinski definition) is 5. The molecule has 0 aromatic heterocycles. The number of amides is 2. The van der Waals surface area contributed by atoms with Gasteiger partial charge in [0, 0.05) is 18.5 Å². The van der Waals surface area contributed by atoms with Crippen molar-refractivity contribution in [2.45, 2.75) is 56.3 Å². The molecule has 0 N–H and O–H groups in total. The average Bonchev–Trinajstić information content (AvgIpc) is 3.13. The van der Waals surface area contributed by atoms with Crippen molar-refractivity contribution in [3.05, 3.63) is 71.3 Å². The summed E-state index contributed by atoms with van der Waals surface area (Å²) >= 11 is 0. The van der Waals surface area contributed by atoms with E-state index in [1.54, 1.807) is 24.3 Å². The summed E-state index contributed by atoms with van der Waals surface area (Å²) in [6, 6.07) is 16.1. The van der Waals surface area contributed by atoms with Crippen LogP contribution in [0.3, 0.4) is 0 Å². The highest BCUT2D eigenvalue weighted by Gasteiger charge is 2.45. The third-order valence-electron chi connectivity index (χ3n) is 7.02. The SMILES string of the molecule is CN1[C@@H]2CC[C@H]1CC(OC(=O)C(Cc1ccccc1)N1C(=O)c3ccccc3C1=O)C2. The van der Waals surface area contributed by atoms with Crippen LogP contribution in [-0.2, 0) is 16.0 Å². The predicted molar refractivity (Wildman–Crippen MR) is 115 cm³/mol. The van der Waals surface area contributed by atoms with Crippen LogP contribution in [0.1, 0.15) is 52.0 Å². The van der Waals surface area contributed by atoms with Crippen molar-refractivity contribution >= 4 is 17.8 Å². The van der Waals surface area contributed by atoms with Crippen LogP contribution in [0.15, 0.2) is 54.6 Å². The summed E-state index contributed by atoms with van der Waals surface area (Å²) in [5.74, 6) is -1.35. The lowest BCUT2D eigenvalue weighted by Crippen LogP contribution is -2.49. The summed E-state index contributed by atoms with van der Waals surface area (Å²) in [7, 11) is 2.14. The van der Waals surface area contributed by atoms with Gasteiger partial charge in [-0.1, -0.05) is 42.5 Å². The summed E-state index contributed by atoms with van der Waals surface area (Å²) in [6.45, 7) is 0. The van der Waals surface area contributed by atoms with Crippen molar-refractivity contribution in [2.75, 3.05) is 7.05 Å². The minimum atomic E-state index is -0.980. The molecule has 4 atom stereocenters. The van der Waals surface area contributed by atoms with Crippen LogP contribution in [0, 0.1) is 0 Å². The quantitative estimate of drug-likeness (QED) is 0.552. The van der Waals surface area contributed by atoms with Gasteiger partial charge in [-0.25, -0.2) is 4.79 Å². The fourth-order valence-corrected chi connectivity index (χ4v) is 5.31. The minimum Gasteiger partial charge on any atom is -0.461 e. The Morgan fingerprint density at radius 2 is 1.48 bits per heavy atom. The number of nitrogens with zero attached hydrogens (tertiary/aromatic N) is 2. The number of carbonyl (C=O) groups excluding carboxylic acids is 3. The Morgan fingerprint density at radius 3 is 2.06 bits per heavy atom. The highest BCUT2D eigenvalue weighted by molar-refractivity contribution is 6.22. The first-order valence-corrected chi connectivity index (χ1v) is 11.0. The lowest BCUT2D eigenvalue weighted by Gasteiger charge is -2.36. The van der Waals surface area contributed by atoms with Crippen LogP contribution in [-0.4, -0.2) is 58.9 Å². The largest absolute Gasteiger partial charge is 0.461 e. The van der Waals surface area contributed by atoms with Gasteiger partial charge < -0.3 is 9.64 Å². The fraction of sp³-hybridized carbons (Fsp3) is 0.400. The third-order valence-corrected chi connectivity index (χ3v) is 7.02. The van der Waals surface area contributed by atoms with Crippen LogP contribution >= 0.6 is 0 Å². The molecule has 3 aliphatic rings. The summed E-state index contributed by atoms with van der Waals surface area (Å²) in [5, 5.41) is 0. The number of ether oxygens (including phenoxy) is 1. The maximum atomic E-state index is 13.4. The van der Waals surface area contributed by atoms with E-state index < -0.39 is 23.8 Å². The zero-order valence-corrected chi connectivity index (χ0v) is 17.6. The van der Waals surface area contributed by atoms with Gasteiger partial charge in [-0.2, -0.15) is 0 Å². The number of piperidine rings is 1. The Bertz CT molecular complexity index is 972. The molecule has 2 bridgehead atoms. The molecule has 0 saturated carbocycles. The van der Waals surface area contributed by atoms with Crippen LogP contribution < -0.4 is 0 Å². The van der Waals surface area contributed by atoms with Gasteiger partial charge >= 0.3 is 5.97 Å². The Hall–Kier alpha value is -2.99. The van der Waals surface area contributed by atoms with Gasteiger partial charge in [0.15, 0.2) is 0 Å². The second-order valence-electron chi connectivity index (χ2n) is 8.81. The van der Waals surface area contributed by atoms with E-state index in [9.17, 15) is 14.4 Å². The van der Waals surface area contributed by atoms with Gasteiger partial charge in [-0.3, -0.25) is 14.5 Å². The van der Waals surface area contributed by atoms with Gasteiger partial charge in [0.2, 0.25) is 0 Å². The lowest BCUT2D eigenvalue weighted by atomic mass is 10.00. The van der Waals surface area contributed by atoms with Gasteiger partial charge in [-0.15, -0.1) is 0 Å². The Kier molecular flexibility index (Phi) is 5.10. The Labute approximate surface area is 181 Å². The maximum Gasteiger partial charge on any atom is 0.330 e. The second-order valence-corrected chi connectivity index (χ2v) is 8.81. The molecular weight excluding hydrogens is 392 g/mol. The predicted octanol–water partition coefficient (Wildman–Crippen LogP) is 3.06. The molecule has 31 heavy (non-hydrogen) atoms. The molecule has 3 aliphatic heterocycles. The standard InChI is InChI=1S/C25H26N2O4/c1-26-17-11-12-18(26)15-19(14-17)31-25(30)22(13-16-7-3-2-4-8-16)27-23(28)20-9-5-6-10-21(20)24(27)29/h2-10,17-19,22H,11-15H2,1H3/t17-,18+,19?,22?. The highest BCUT2D eigenvalue weighted by atomic mass is 16.5. The van der Waals surface area contributed by atoms with E-state index in [1.165, 1.54) is 0 Å². The molecule has 0 spiro atoms. The van der Waals surface area contributed by atoms with E-state index in [-0.39, 0.29) is 12.5 Å². The number of rotatable bonds is 5. The zero-order valence-electron chi connectivity index (χ0n) is 17.6. The number of benzene rings is 2. The molecule has 2 aromatic rings. The molecule has 2 aromatic carbocycles. The van der Waals surface area contributed by atoms with E-state index in [4.69, 9.17) is 4.74 Å². The number of esters is 1. The molecule has 6 heteroatoms. The summed E-state index contributed by atoms with van der Waals surface area (Å²) in [6.07, 6.45) is 3.93. The second kappa shape index (κ2) is 7.93. The Morgan fingerprint density at radius 1 is 0.935 bits per heavy atom. The van der Waals surface area contributed by atoms with Crippen molar-refractivity contribution in [3.8, 4) is 0 Å². The molecule has 2 amide bonds. The maximum absolute atomic E-state index is 13.4. The molecular formula is C25H26N2O4. The van der Waals surface area contributed by atoms with E-state index in [0.717, 1.165) is 36.1 Å². The topological polar surface area (TPSA) is 66.9 Å². The first-order valence-electron chi connectivity index (χ1n) is 11.0. The summed E-state index contributed by atoms with van der Waals surface area (Å²) < 4.78 is 5.95. The average molecular weight is 418 g/mol. The number of fused-ring (bicyclic) bond motifs is 3. The molecule has 0 radical (unpaired) electrons. The van der Waals surface area contributed by atoms with Gasteiger partial charge in [0.25, 0.3) is 11.8 Å². The van der Waals surface area contributed by atoms with E-state index in [1.807, 2.05) is 30.3 Å². The van der Waals surface area contributed by atoms with Crippen molar-refractivity contribution in [2.24, 2.45) is 0 Å². The van der Waals surface area contributed by atoms with Gasteiger partial charge in [-0.05, 0) is 50.4 Å². The Balaban J connectivity index is 1.41. The van der Waals surface area contributed by atoms with Gasteiger partial charge in [0.05, 0.1) is 11.1 Å². The number of hydrogen-bond donors (Lipinski definition) is 0. The van der Waals surface area contributed by atoms with Crippen LogP contribution in [0.5, 0.6) is 0 Å². The lowest BCUT2D eigenvalue weighted by molar-refractivity contribution is -0.157. The molecule has 3 heterocycles. The molecule has 2 fully saturated rings. The smallest absolute Gasteiger partial charge is 0.330 e. The summed E-state index contributed by atoms with van der Waals surface area (Å²) in [5.41, 5.74) is 1.57. The normalized spacial score (nSPS) is 26.1. The summed E-state index contributed by atoms with van der Waals surface area (Å²) in [4.78, 5) is 43.0. The van der Waals surface area contributed by atoms with Crippen LogP contribution in [0.25, 0.3) is 0 Å². The van der Waals surface area contributed by atoms with Crippen molar-refractivity contribution in [1.82, 2.24) is 9.80 Å². The molecule has 0 aliphatic carbocycles. The zero-order chi connectivity index (χ0) is 21.5. The van der Waals surface area contributed by atoms with Crippen molar-refractivity contribution in [3.63, 3.8) is 0 Å². The number of carbonyl (C=O) groups is 3. The fourth-order valence-electron chi connectivity index (χ4n) is 5.31. The van der Waals surface area contributed by atoms with E-state index in [2.05, 4.69) is 11.9 Å². The van der Waals surface area contributed by atoms with E-state index >= 15 is 0 Å². The third kappa shape index (κ3) is 3.55. The van der Waals surface area contributed by atoms with E-state index in [0.29, 0.717) is 23.2 Å². The van der Waals surface area contributed by atoms with Crippen LogP contribution in [0.4, 0.5) is 0 Å².